The second-order valence-electron chi connectivity index (χ2n) is 4.39. The van der Waals surface area contributed by atoms with Crippen LogP contribution in [0.25, 0.3) is 0 Å². The summed E-state index contributed by atoms with van der Waals surface area (Å²) in [5.74, 6) is 0.833. The van der Waals surface area contributed by atoms with Crippen LogP contribution in [0.2, 0.25) is 0 Å². The molecule has 1 aromatic carbocycles. The summed E-state index contributed by atoms with van der Waals surface area (Å²) in [6.45, 7) is 0. The van der Waals surface area contributed by atoms with Crippen LogP contribution in [0.1, 0.15) is 31.2 Å². The lowest BCUT2D eigenvalue weighted by molar-refractivity contribution is 0.373. The SMILES string of the molecule is Brc1ccc(CC2CCCCC2Br)cc1. The number of halogens is 2. The normalized spacial score (nSPS) is 26.5. The fraction of sp³-hybridized carbons (Fsp3) is 0.538. The largest absolute Gasteiger partial charge is 0.0888 e. The van der Waals surface area contributed by atoms with E-state index in [1.807, 2.05) is 0 Å². The van der Waals surface area contributed by atoms with Crippen molar-refractivity contribution in [3.63, 3.8) is 0 Å². The van der Waals surface area contributed by atoms with E-state index in [-0.39, 0.29) is 0 Å². The summed E-state index contributed by atoms with van der Waals surface area (Å²) in [7, 11) is 0. The molecule has 2 unspecified atom stereocenters. The van der Waals surface area contributed by atoms with E-state index in [9.17, 15) is 0 Å². The number of benzene rings is 1. The fourth-order valence-electron chi connectivity index (χ4n) is 2.32. The number of alkyl halides is 1. The maximum absolute atomic E-state index is 3.82. The molecule has 0 amide bonds. The Morgan fingerprint density at radius 1 is 1.07 bits per heavy atom. The van der Waals surface area contributed by atoms with Crippen molar-refractivity contribution in [1.82, 2.24) is 0 Å². The van der Waals surface area contributed by atoms with Crippen molar-refractivity contribution in [1.29, 1.82) is 0 Å². The van der Waals surface area contributed by atoms with Crippen molar-refractivity contribution in [2.45, 2.75) is 36.9 Å². The summed E-state index contributed by atoms with van der Waals surface area (Å²) < 4.78 is 1.17. The average Bonchev–Trinajstić information content (AvgIpc) is 2.25. The van der Waals surface area contributed by atoms with Crippen molar-refractivity contribution in [2.75, 3.05) is 0 Å². The van der Waals surface area contributed by atoms with Gasteiger partial charge in [0.25, 0.3) is 0 Å². The second-order valence-corrected chi connectivity index (χ2v) is 6.48. The molecular formula is C13H16Br2. The highest BCUT2D eigenvalue weighted by molar-refractivity contribution is 9.10. The summed E-state index contributed by atoms with van der Waals surface area (Å²) >= 11 is 7.29. The molecule has 1 aliphatic rings. The van der Waals surface area contributed by atoms with E-state index in [1.165, 1.54) is 42.1 Å². The molecule has 0 aliphatic heterocycles. The quantitative estimate of drug-likeness (QED) is 0.673. The van der Waals surface area contributed by atoms with Crippen LogP contribution in [0.3, 0.4) is 0 Å². The lowest BCUT2D eigenvalue weighted by Crippen LogP contribution is -2.21. The molecule has 0 spiro atoms. The van der Waals surface area contributed by atoms with Gasteiger partial charge in [0, 0.05) is 9.30 Å². The number of rotatable bonds is 2. The molecule has 0 radical (unpaired) electrons. The van der Waals surface area contributed by atoms with E-state index in [2.05, 4.69) is 56.1 Å². The highest BCUT2D eigenvalue weighted by Crippen LogP contribution is 2.32. The Labute approximate surface area is 109 Å². The Morgan fingerprint density at radius 3 is 2.40 bits per heavy atom. The maximum Gasteiger partial charge on any atom is 0.0177 e. The minimum absolute atomic E-state index is 0.731. The monoisotopic (exact) mass is 330 g/mol. The third kappa shape index (κ3) is 3.32. The molecule has 2 rings (SSSR count). The van der Waals surface area contributed by atoms with Crippen molar-refractivity contribution in [3.05, 3.63) is 34.3 Å². The predicted octanol–water partition coefficient (Wildman–Crippen LogP) is 4.95. The van der Waals surface area contributed by atoms with Crippen molar-refractivity contribution in [2.24, 2.45) is 5.92 Å². The van der Waals surface area contributed by atoms with E-state index in [0.29, 0.717) is 0 Å². The maximum atomic E-state index is 3.82. The smallest absolute Gasteiger partial charge is 0.0177 e. The van der Waals surface area contributed by atoms with E-state index in [4.69, 9.17) is 0 Å². The first kappa shape index (κ1) is 11.7. The summed E-state index contributed by atoms with van der Waals surface area (Å²) in [6, 6.07) is 8.75. The van der Waals surface area contributed by atoms with Gasteiger partial charge in [0.2, 0.25) is 0 Å². The Balaban J connectivity index is 1.98. The fourth-order valence-corrected chi connectivity index (χ4v) is 3.35. The second kappa shape index (κ2) is 5.49. The number of hydrogen-bond donors (Lipinski definition) is 0. The van der Waals surface area contributed by atoms with Gasteiger partial charge in [0.1, 0.15) is 0 Å². The summed E-state index contributed by atoms with van der Waals surface area (Å²) in [5.41, 5.74) is 1.47. The van der Waals surface area contributed by atoms with Crippen LogP contribution in [-0.4, -0.2) is 4.83 Å². The molecule has 82 valence electrons. The van der Waals surface area contributed by atoms with Crippen molar-refractivity contribution >= 4 is 31.9 Å². The molecule has 2 atom stereocenters. The zero-order chi connectivity index (χ0) is 10.7. The lowest BCUT2D eigenvalue weighted by atomic mass is 9.85. The molecule has 1 fully saturated rings. The molecule has 1 aliphatic carbocycles. The van der Waals surface area contributed by atoms with Gasteiger partial charge in [-0.3, -0.25) is 0 Å². The predicted molar refractivity (Wildman–Crippen MR) is 72.5 cm³/mol. The average molecular weight is 332 g/mol. The Morgan fingerprint density at radius 2 is 1.73 bits per heavy atom. The first-order valence-corrected chi connectivity index (χ1v) is 7.35. The van der Waals surface area contributed by atoms with Crippen molar-refractivity contribution < 1.29 is 0 Å². The molecule has 2 heteroatoms. The Hall–Kier alpha value is 0.180. The standard InChI is InChI=1S/C13H16Br2/c14-12-7-5-10(6-8-12)9-11-3-1-2-4-13(11)15/h5-8,11,13H,1-4,9H2. The minimum Gasteiger partial charge on any atom is -0.0888 e. The van der Waals surface area contributed by atoms with Gasteiger partial charge in [-0.2, -0.15) is 0 Å². The number of hydrogen-bond acceptors (Lipinski definition) is 0. The highest BCUT2D eigenvalue weighted by Gasteiger charge is 2.22. The van der Waals surface area contributed by atoms with Crippen LogP contribution in [0.4, 0.5) is 0 Å². The van der Waals surface area contributed by atoms with Gasteiger partial charge < -0.3 is 0 Å². The summed E-state index contributed by atoms with van der Waals surface area (Å²) in [5, 5.41) is 0. The molecule has 15 heavy (non-hydrogen) atoms. The molecule has 0 nitrogen and oxygen atoms in total. The van der Waals surface area contributed by atoms with E-state index in [0.717, 1.165) is 10.7 Å². The van der Waals surface area contributed by atoms with Crippen LogP contribution in [0, 0.1) is 5.92 Å². The van der Waals surface area contributed by atoms with Gasteiger partial charge in [-0.25, -0.2) is 0 Å². The van der Waals surface area contributed by atoms with Crippen LogP contribution in [0.5, 0.6) is 0 Å². The zero-order valence-electron chi connectivity index (χ0n) is 8.76. The van der Waals surface area contributed by atoms with E-state index < -0.39 is 0 Å². The topological polar surface area (TPSA) is 0 Å². The lowest BCUT2D eigenvalue weighted by Gasteiger charge is -2.27. The summed E-state index contributed by atoms with van der Waals surface area (Å²) in [6.07, 6.45) is 6.76. The molecule has 1 saturated carbocycles. The van der Waals surface area contributed by atoms with Gasteiger partial charge in [0.05, 0.1) is 0 Å². The van der Waals surface area contributed by atoms with Crippen LogP contribution >= 0.6 is 31.9 Å². The van der Waals surface area contributed by atoms with E-state index in [1.54, 1.807) is 0 Å². The molecule has 0 bridgehead atoms. The van der Waals surface area contributed by atoms with E-state index >= 15 is 0 Å². The van der Waals surface area contributed by atoms with Gasteiger partial charge >= 0.3 is 0 Å². The molecule has 0 N–H and O–H groups in total. The van der Waals surface area contributed by atoms with Gasteiger partial charge in [-0.05, 0) is 42.9 Å². The van der Waals surface area contributed by atoms with Crippen LogP contribution < -0.4 is 0 Å². The third-order valence-corrected chi connectivity index (χ3v) is 4.96. The highest BCUT2D eigenvalue weighted by atomic mass is 79.9. The molecule has 0 saturated heterocycles. The van der Waals surface area contributed by atoms with Gasteiger partial charge in [0.15, 0.2) is 0 Å². The third-order valence-electron chi connectivity index (χ3n) is 3.23. The summed E-state index contributed by atoms with van der Waals surface area (Å²) in [4.78, 5) is 0.731. The zero-order valence-corrected chi connectivity index (χ0v) is 11.9. The first-order valence-electron chi connectivity index (χ1n) is 5.64. The molecule has 0 aromatic heterocycles. The molecule has 1 aromatic rings. The molecular weight excluding hydrogens is 316 g/mol. The Bertz CT molecular complexity index is 305. The van der Waals surface area contributed by atoms with Crippen LogP contribution in [-0.2, 0) is 6.42 Å². The van der Waals surface area contributed by atoms with Crippen LogP contribution in [0.15, 0.2) is 28.7 Å². The molecule has 0 heterocycles. The van der Waals surface area contributed by atoms with Gasteiger partial charge in [-0.1, -0.05) is 56.8 Å². The van der Waals surface area contributed by atoms with Gasteiger partial charge in [-0.15, -0.1) is 0 Å². The van der Waals surface area contributed by atoms with Crippen molar-refractivity contribution in [3.8, 4) is 0 Å². The minimum atomic E-state index is 0.731. The first-order chi connectivity index (χ1) is 7.25. The Kier molecular flexibility index (Phi) is 4.27.